The van der Waals surface area contributed by atoms with Gasteiger partial charge in [-0.05, 0) is 34.7 Å². The SMILES string of the molecule is N#Cc1cc(N)c(I)cc1Cl. The second-order valence-corrected chi connectivity index (χ2v) is 3.53. The molecule has 0 spiro atoms. The van der Waals surface area contributed by atoms with E-state index in [1.807, 2.05) is 6.07 Å². The number of nitrogens with two attached hydrogens (primary N) is 1. The van der Waals surface area contributed by atoms with Crippen LogP contribution in [0.15, 0.2) is 12.1 Å². The van der Waals surface area contributed by atoms with Crippen molar-refractivity contribution in [2.45, 2.75) is 0 Å². The van der Waals surface area contributed by atoms with Gasteiger partial charge in [0.25, 0.3) is 0 Å². The quantitative estimate of drug-likeness (QED) is 0.585. The summed E-state index contributed by atoms with van der Waals surface area (Å²) in [7, 11) is 0. The van der Waals surface area contributed by atoms with Crippen molar-refractivity contribution in [1.29, 1.82) is 5.26 Å². The Bertz CT molecular complexity index is 330. The van der Waals surface area contributed by atoms with Crippen molar-refractivity contribution in [3.8, 4) is 6.07 Å². The van der Waals surface area contributed by atoms with E-state index < -0.39 is 0 Å². The van der Waals surface area contributed by atoms with Gasteiger partial charge in [0.2, 0.25) is 0 Å². The van der Waals surface area contributed by atoms with Gasteiger partial charge in [-0.2, -0.15) is 5.26 Å². The highest BCUT2D eigenvalue weighted by Gasteiger charge is 2.02. The first-order valence-corrected chi connectivity index (χ1v) is 4.25. The van der Waals surface area contributed by atoms with Gasteiger partial charge in [-0.3, -0.25) is 0 Å². The van der Waals surface area contributed by atoms with E-state index >= 15 is 0 Å². The van der Waals surface area contributed by atoms with E-state index in [1.165, 1.54) is 0 Å². The van der Waals surface area contributed by atoms with Crippen molar-refractivity contribution in [3.05, 3.63) is 26.3 Å². The highest BCUT2D eigenvalue weighted by molar-refractivity contribution is 14.1. The molecule has 0 unspecified atom stereocenters. The summed E-state index contributed by atoms with van der Waals surface area (Å²) in [5.74, 6) is 0. The predicted molar refractivity (Wildman–Crippen MR) is 53.3 cm³/mol. The Morgan fingerprint density at radius 1 is 1.55 bits per heavy atom. The first-order chi connectivity index (χ1) is 5.15. The zero-order valence-electron chi connectivity index (χ0n) is 5.44. The number of benzene rings is 1. The van der Waals surface area contributed by atoms with E-state index in [1.54, 1.807) is 12.1 Å². The zero-order valence-corrected chi connectivity index (χ0v) is 8.35. The van der Waals surface area contributed by atoms with Crippen LogP contribution in [-0.2, 0) is 0 Å². The van der Waals surface area contributed by atoms with Crippen molar-refractivity contribution in [3.63, 3.8) is 0 Å². The molecule has 0 aliphatic heterocycles. The molecule has 0 radical (unpaired) electrons. The molecule has 11 heavy (non-hydrogen) atoms. The summed E-state index contributed by atoms with van der Waals surface area (Å²) in [6, 6.07) is 5.20. The molecule has 2 nitrogen and oxygen atoms in total. The van der Waals surface area contributed by atoms with Crippen molar-refractivity contribution >= 4 is 39.9 Å². The lowest BCUT2D eigenvalue weighted by atomic mass is 10.2. The molecule has 0 atom stereocenters. The molecule has 0 aliphatic carbocycles. The molecular weight excluding hydrogens is 274 g/mol. The molecule has 0 saturated heterocycles. The highest BCUT2D eigenvalue weighted by atomic mass is 127. The van der Waals surface area contributed by atoms with Crippen LogP contribution in [0.25, 0.3) is 0 Å². The molecule has 1 aromatic carbocycles. The van der Waals surface area contributed by atoms with Crippen LogP contribution in [0.1, 0.15) is 5.56 Å². The Morgan fingerprint density at radius 2 is 2.18 bits per heavy atom. The molecular formula is C7H4ClIN2. The third-order valence-electron chi connectivity index (χ3n) is 1.21. The Morgan fingerprint density at radius 3 is 2.73 bits per heavy atom. The average Bonchev–Trinajstić information content (AvgIpc) is 1.97. The molecule has 4 heteroatoms. The van der Waals surface area contributed by atoms with Gasteiger partial charge in [0, 0.05) is 9.26 Å². The summed E-state index contributed by atoms with van der Waals surface area (Å²) < 4.78 is 0.867. The predicted octanol–water partition coefficient (Wildman–Crippen LogP) is 2.40. The Labute approximate surface area is 83.1 Å². The van der Waals surface area contributed by atoms with Crippen LogP contribution in [0.4, 0.5) is 5.69 Å². The van der Waals surface area contributed by atoms with Gasteiger partial charge >= 0.3 is 0 Å². The Hall–Kier alpha value is -0.470. The standard InChI is InChI=1S/C7H4ClIN2/c8-5-2-6(9)7(11)1-4(5)3-10/h1-2H,11H2. The van der Waals surface area contributed by atoms with Crippen LogP contribution < -0.4 is 5.73 Å². The Kier molecular flexibility index (Phi) is 2.58. The monoisotopic (exact) mass is 278 g/mol. The highest BCUT2D eigenvalue weighted by Crippen LogP contribution is 2.23. The minimum Gasteiger partial charge on any atom is -0.398 e. The lowest BCUT2D eigenvalue weighted by Crippen LogP contribution is -1.90. The summed E-state index contributed by atoms with van der Waals surface area (Å²) in [4.78, 5) is 0. The second-order valence-electron chi connectivity index (χ2n) is 1.97. The van der Waals surface area contributed by atoms with E-state index in [2.05, 4.69) is 22.6 Å². The number of anilines is 1. The number of nitriles is 1. The number of hydrogen-bond acceptors (Lipinski definition) is 2. The molecule has 0 aromatic heterocycles. The molecule has 1 rings (SSSR count). The van der Waals surface area contributed by atoms with Crippen molar-refractivity contribution in [1.82, 2.24) is 0 Å². The summed E-state index contributed by atoms with van der Waals surface area (Å²) in [6.45, 7) is 0. The number of nitrogens with zero attached hydrogens (tertiary/aromatic N) is 1. The van der Waals surface area contributed by atoms with Gasteiger partial charge in [-0.1, -0.05) is 11.6 Å². The van der Waals surface area contributed by atoms with Crippen LogP contribution in [0, 0.1) is 14.9 Å². The van der Waals surface area contributed by atoms with Crippen molar-refractivity contribution in [2.24, 2.45) is 0 Å². The summed E-state index contributed by atoms with van der Waals surface area (Å²) in [6.07, 6.45) is 0. The number of rotatable bonds is 0. The average molecular weight is 278 g/mol. The van der Waals surface area contributed by atoms with Gasteiger partial charge in [0.1, 0.15) is 6.07 Å². The largest absolute Gasteiger partial charge is 0.398 e. The molecule has 0 saturated carbocycles. The van der Waals surface area contributed by atoms with Crippen LogP contribution in [-0.4, -0.2) is 0 Å². The third-order valence-corrected chi connectivity index (χ3v) is 2.45. The normalized spacial score (nSPS) is 9.18. The number of hydrogen-bond donors (Lipinski definition) is 1. The van der Waals surface area contributed by atoms with Crippen LogP contribution in [0.3, 0.4) is 0 Å². The van der Waals surface area contributed by atoms with Gasteiger partial charge in [-0.15, -0.1) is 0 Å². The maximum Gasteiger partial charge on any atom is 0.101 e. The van der Waals surface area contributed by atoms with Crippen LogP contribution in [0.2, 0.25) is 5.02 Å². The van der Waals surface area contributed by atoms with E-state index in [0.717, 1.165) is 3.57 Å². The fraction of sp³-hybridized carbons (Fsp3) is 0. The minimum absolute atomic E-state index is 0.421. The van der Waals surface area contributed by atoms with Crippen molar-refractivity contribution < 1.29 is 0 Å². The first kappa shape index (κ1) is 8.62. The van der Waals surface area contributed by atoms with Crippen LogP contribution in [0.5, 0.6) is 0 Å². The maximum atomic E-state index is 8.54. The number of halogens is 2. The fourth-order valence-electron chi connectivity index (χ4n) is 0.651. The lowest BCUT2D eigenvalue weighted by molar-refractivity contribution is 1.48. The van der Waals surface area contributed by atoms with Gasteiger partial charge in [0.15, 0.2) is 0 Å². The smallest absolute Gasteiger partial charge is 0.101 e. The fourth-order valence-corrected chi connectivity index (χ4v) is 1.51. The molecule has 0 bridgehead atoms. The molecule has 0 amide bonds. The molecule has 2 N–H and O–H groups in total. The Balaban J connectivity index is 3.35. The minimum atomic E-state index is 0.421. The molecule has 1 aromatic rings. The molecule has 56 valence electrons. The van der Waals surface area contributed by atoms with Gasteiger partial charge < -0.3 is 5.73 Å². The zero-order chi connectivity index (χ0) is 8.43. The third kappa shape index (κ3) is 1.76. The van der Waals surface area contributed by atoms with Crippen LogP contribution >= 0.6 is 34.2 Å². The summed E-state index contributed by atoms with van der Waals surface area (Å²) in [5.41, 5.74) is 6.56. The summed E-state index contributed by atoms with van der Waals surface area (Å²) in [5, 5.41) is 8.99. The van der Waals surface area contributed by atoms with E-state index in [-0.39, 0.29) is 0 Å². The first-order valence-electron chi connectivity index (χ1n) is 2.79. The lowest BCUT2D eigenvalue weighted by Gasteiger charge is -1.99. The molecule has 0 heterocycles. The topological polar surface area (TPSA) is 49.8 Å². The second kappa shape index (κ2) is 3.28. The summed E-state index contributed by atoms with van der Waals surface area (Å²) >= 11 is 7.78. The molecule has 0 fully saturated rings. The van der Waals surface area contributed by atoms with E-state index in [9.17, 15) is 0 Å². The molecule has 0 aliphatic rings. The maximum absolute atomic E-state index is 8.54. The van der Waals surface area contributed by atoms with E-state index in [4.69, 9.17) is 22.6 Å². The van der Waals surface area contributed by atoms with Gasteiger partial charge in [0.05, 0.1) is 10.6 Å². The van der Waals surface area contributed by atoms with E-state index in [0.29, 0.717) is 16.3 Å². The number of nitrogen functional groups attached to an aromatic ring is 1. The van der Waals surface area contributed by atoms with Gasteiger partial charge in [-0.25, -0.2) is 0 Å². The van der Waals surface area contributed by atoms with Crippen molar-refractivity contribution in [2.75, 3.05) is 5.73 Å².